The van der Waals surface area contributed by atoms with E-state index in [4.69, 9.17) is 0 Å². The zero-order chi connectivity index (χ0) is 8.82. The molecule has 0 aromatic carbocycles. The van der Waals surface area contributed by atoms with Crippen LogP contribution in [0.5, 0.6) is 0 Å². The van der Waals surface area contributed by atoms with E-state index in [-0.39, 0.29) is 0 Å². The largest absolute Gasteiger partial charge is 0.0820 e. The third-order valence-corrected chi connectivity index (χ3v) is 4.29. The minimum absolute atomic E-state index is 0.566. The van der Waals surface area contributed by atoms with Gasteiger partial charge in [-0.05, 0) is 42.4 Å². The zero-order valence-electron chi connectivity index (χ0n) is 8.56. The van der Waals surface area contributed by atoms with Gasteiger partial charge in [0.15, 0.2) is 0 Å². The van der Waals surface area contributed by atoms with E-state index < -0.39 is 0 Å². The summed E-state index contributed by atoms with van der Waals surface area (Å²) in [5.74, 6) is 0.832. The topological polar surface area (TPSA) is 0 Å². The second-order valence-corrected chi connectivity index (χ2v) is 5.38. The molecule has 12 heavy (non-hydrogen) atoms. The molecule has 0 spiro atoms. The van der Waals surface area contributed by atoms with Gasteiger partial charge in [0.1, 0.15) is 0 Å². The van der Waals surface area contributed by atoms with Crippen LogP contribution in [0.3, 0.4) is 0 Å². The molecule has 0 N–H and O–H groups in total. The Bertz CT molecular complexity index is 202. The van der Waals surface area contributed by atoms with E-state index >= 15 is 0 Å². The zero-order valence-corrected chi connectivity index (χ0v) is 8.56. The van der Waals surface area contributed by atoms with E-state index in [1.807, 2.05) is 0 Å². The molecule has 0 amide bonds. The molecule has 0 heterocycles. The average Bonchev–Trinajstić information content (AvgIpc) is 2.06. The molecule has 1 saturated carbocycles. The molecule has 0 unspecified atom stereocenters. The van der Waals surface area contributed by atoms with Gasteiger partial charge in [-0.2, -0.15) is 0 Å². The quantitative estimate of drug-likeness (QED) is 0.517. The summed E-state index contributed by atoms with van der Waals surface area (Å²) in [6, 6.07) is 0. The number of allylic oxidation sites excluding steroid dienone is 2. The van der Waals surface area contributed by atoms with E-state index in [0.717, 1.165) is 5.92 Å². The molecule has 0 aliphatic heterocycles. The minimum Gasteiger partial charge on any atom is -0.0820 e. The van der Waals surface area contributed by atoms with Crippen molar-refractivity contribution in [1.82, 2.24) is 0 Å². The van der Waals surface area contributed by atoms with Gasteiger partial charge in [0.2, 0.25) is 0 Å². The van der Waals surface area contributed by atoms with Crippen molar-refractivity contribution in [2.75, 3.05) is 0 Å². The van der Waals surface area contributed by atoms with Crippen molar-refractivity contribution in [3.63, 3.8) is 0 Å². The summed E-state index contributed by atoms with van der Waals surface area (Å²) in [4.78, 5) is 0. The van der Waals surface area contributed by atoms with Crippen molar-refractivity contribution in [2.45, 2.75) is 46.5 Å². The van der Waals surface area contributed by atoms with Gasteiger partial charge in [0.05, 0.1) is 0 Å². The molecule has 68 valence electrons. The first kappa shape index (κ1) is 8.34. The molecule has 2 bridgehead atoms. The SMILES string of the molecule is CC(C)C12C=CC(C)(CC1)CC2. The van der Waals surface area contributed by atoms with Gasteiger partial charge < -0.3 is 0 Å². The molecule has 3 aliphatic rings. The van der Waals surface area contributed by atoms with Crippen LogP contribution in [0.1, 0.15) is 46.5 Å². The fraction of sp³-hybridized carbons (Fsp3) is 0.833. The maximum absolute atomic E-state index is 2.52. The summed E-state index contributed by atoms with van der Waals surface area (Å²) in [6.45, 7) is 7.16. The van der Waals surface area contributed by atoms with Crippen LogP contribution in [0.4, 0.5) is 0 Å². The highest BCUT2D eigenvalue weighted by molar-refractivity contribution is 5.16. The molecule has 3 rings (SSSR count). The molecule has 0 atom stereocenters. The van der Waals surface area contributed by atoms with E-state index in [1.54, 1.807) is 0 Å². The summed E-state index contributed by atoms with van der Waals surface area (Å²) < 4.78 is 0. The molecule has 0 radical (unpaired) electrons. The molecule has 0 nitrogen and oxygen atoms in total. The molecular weight excluding hydrogens is 144 g/mol. The Hall–Kier alpha value is -0.260. The fourth-order valence-electron chi connectivity index (χ4n) is 2.76. The standard InChI is InChI=1S/C12H20/c1-10(2)12-7-4-11(3,5-8-12)6-9-12/h4,7,10H,5-6,8-9H2,1-3H3. The summed E-state index contributed by atoms with van der Waals surface area (Å²) in [7, 11) is 0. The Morgan fingerprint density at radius 2 is 1.58 bits per heavy atom. The molecule has 0 aromatic rings. The normalized spacial score (nSPS) is 45.7. The lowest BCUT2D eigenvalue weighted by Gasteiger charge is -2.49. The highest BCUT2D eigenvalue weighted by atomic mass is 14.5. The van der Waals surface area contributed by atoms with Crippen molar-refractivity contribution in [1.29, 1.82) is 0 Å². The van der Waals surface area contributed by atoms with Crippen LogP contribution < -0.4 is 0 Å². The third kappa shape index (κ3) is 1.04. The molecule has 0 saturated heterocycles. The van der Waals surface area contributed by atoms with Gasteiger partial charge in [0, 0.05) is 0 Å². The highest BCUT2D eigenvalue weighted by Crippen LogP contribution is 2.55. The van der Waals surface area contributed by atoms with Crippen LogP contribution in [0.25, 0.3) is 0 Å². The second-order valence-electron chi connectivity index (χ2n) is 5.38. The van der Waals surface area contributed by atoms with Crippen LogP contribution in [0, 0.1) is 16.7 Å². The molecular formula is C12H20. The first-order chi connectivity index (χ1) is 5.56. The lowest BCUT2D eigenvalue weighted by molar-refractivity contribution is 0.0939. The maximum atomic E-state index is 2.52. The number of hydrogen-bond acceptors (Lipinski definition) is 0. The first-order valence-corrected chi connectivity index (χ1v) is 5.27. The Balaban J connectivity index is 2.28. The van der Waals surface area contributed by atoms with Crippen LogP contribution in [0.2, 0.25) is 0 Å². The summed E-state index contributed by atoms with van der Waals surface area (Å²) in [5, 5.41) is 0. The average molecular weight is 164 g/mol. The van der Waals surface area contributed by atoms with E-state index in [1.165, 1.54) is 25.7 Å². The molecule has 1 fully saturated rings. The van der Waals surface area contributed by atoms with Crippen LogP contribution >= 0.6 is 0 Å². The summed E-state index contributed by atoms with van der Waals surface area (Å²) >= 11 is 0. The second kappa shape index (κ2) is 2.37. The van der Waals surface area contributed by atoms with Gasteiger partial charge in [-0.25, -0.2) is 0 Å². The van der Waals surface area contributed by atoms with Gasteiger partial charge in [-0.15, -0.1) is 0 Å². The number of fused-ring (bicyclic) bond motifs is 2. The van der Waals surface area contributed by atoms with Gasteiger partial charge in [-0.1, -0.05) is 32.9 Å². The fourth-order valence-corrected chi connectivity index (χ4v) is 2.76. The van der Waals surface area contributed by atoms with Crippen molar-refractivity contribution < 1.29 is 0 Å². The third-order valence-electron chi connectivity index (χ3n) is 4.29. The Morgan fingerprint density at radius 3 is 1.92 bits per heavy atom. The Kier molecular flexibility index (Phi) is 1.65. The molecule has 0 aromatic heterocycles. The van der Waals surface area contributed by atoms with Gasteiger partial charge in [-0.3, -0.25) is 0 Å². The smallest absolute Gasteiger partial charge is 0.00944 e. The van der Waals surface area contributed by atoms with Crippen LogP contribution in [-0.2, 0) is 0 Å². The van der Waals surface area contributed by atoms with Crippen LogP contribution in [-0.4, -0.2) is 0 Å². The Morgan fingerprint density at radius 1 is 1.00 bits per heavy atom. The van der Waals surface area contributed by atoms with Crippen molar-refractivity contribution in [3.05, 3.63) is 12.2 Å². The predicted octanol–water partition coefficient (Wildman–Crippen LogP) is 3.78. The van der Waals surface area contributed by atoms with E-state index in [2.05, 4.69) is 32.9 Å². The van der Waals surface area contributed by atoms with Crippen molar-refractivity contribution >= 4 is 0 Å². The molecule has 0 heteroatoms. The minimum atomic E-state index is 0.566. The summed E-state index contributed by atoms with van der Waals surface area (Å²) in [6.07, 6.45) is 10.7. The summed E-state index contributed by atoms with van der Waals surface area (Å²) in [5.41, 5.74) is 1.15. The van der Waals surface area contributed by atoms with E-state index in [9.17, 15) is 0 Å². The maximum Gasteiger partial charge on any atom is -0.00944 e. The van der Waals surface area contributed by atoms with Crippen LogP contribution in [0.15, 0.2) is 12.2 Å². The van der Waals surface area contributed by atoms with Crippen molar-refractivity contribution in [2.24, 2.45) is 16.7 Å². The Labute approximate surface area is 76.1 Å². The first-order valence-electron chi connectivity index (χ1n) is 5.27. The highest BCUT2D eigenvalue weighted by Gasteiger charge is 2.43. The lowest BCUT2D eigenvalue weighted by atomic mass is 9.55. The number of rotatable bonds is 1. The van der Waals surface area contributed by atoms with E-state index in [0.29, 0.717) is 10.8 Å². The van der Waals surface area contributed by atoms with Crippen molar-refractivity contribution in [3.8, 4) is 0 Å². The monoisotopic (exact) mass is 164 g/mol. The van der Waals surface area contributed by atoms with Gasteiger partial charge >= 0.3 is 0 Å². The predicted molar refractivity (Wildman–Crippen MR) is 53.0 cm³/mol. The lowest BCUT2D eigenvalue weighted by Crippen LogP contribution is -2.38. The molecule has 3 aliphatic carbocycles. The van der Waals surface area contributed by atoms with Gasteiger partial charge in [0.25, 0.3) is 0 Å². The number of hydrogen-bond donors (Lipinski definition) is 0.